The minimum Gasteiger partial charge on any atom is -0.481 e. The van der Waals surface area contributed by atoms with Crippen LogP contribution in [-0.4, -0.2) is 28.0 Å². The van der Waals surface area contributed by atoms with E-state index in [9.17, 15) is 14.0 Å². The van der Waals surface area contributed by atoms with Crippen LogP contribution in [0.3, 0.4) is 0 Å². The molecule has 0 spiro atoms. The Labute approximate surface area is 109 Å². The van der Waals surface area contributed by atoms with Gasteiger partial charge in [0.15, 0.2) is 0 Å². The van der Waals surface area contributed by atoms with Gasteiger partial charge in [0.05, 0.1) is 17.9 Å². The van der Waals surface area contributed by atoms with Crippen molar-refractivity contribution in [2.75, 3.05) is 11.1 Å². The predicted molar refractivity (Wildman–Crippen MR) is 69.2 cm³/mol. The fourth-order valence-corrected chi connectivity index (χ4v) is 2.04. The molecule has 0 saturated heterocycles. The van der Waals surface area contributed by atoms with Crippen molar-refractivity contribution < 1.29 is 19.1 Å². The normalized spacial score (nSPS) is 11.9. The molecule has 4 nitrogen and oxygen atoms in total. The van der Waals surface area contributed by atoms with Gasteiger partial charge in [-0.25, -0.2) is 4.39 Å². The summed E-state index contributed by atoms with van der Waals surface area (Å²) in [5.41, 5.74) is 0.133. The Morgan fingerprint density at radius 2 is 2.11 bits per heavy atom. The number of halogens is 1. The molecule has 1 aromatic rings. The zero-order valence-electron chi connectivity index (χ0n) is 9.85. The van der Waals surface area contributed by atoms with Gasteiger partial charge in [0.25, 0.3) is 0 Å². The van der Waals surface area contributed by atoms with Crippen LogP contribution in [0, 0.1) is 5.82 Å². The van der Waals surface area contributed by atoms with Gasteiger partial charge in [0.1, 0.15) is 5.82 Å². The van der Waals surface area contributed by atoms with Crippen molar-refractivity contribution in [1.29, 1.82) is 0 Å². The van der Waals surface area contributed by atoms with E-state index >= 15 is 0 Å². The lowest BCUT2D eigenvalue weighted by atomic mass is 10.3. The number of carboxylic acid groups (broad SMARTS) is 1. The maximum atomic E-state index is 13.2. The Morgan fingerprint density at radius 1 is 1.44 bits per heavy atom. The predicted octanol–water partition coefficient (Wildman–Crippen LogP) is 2.36. The first-order valence-corrected chi connectivity index (χ1v) is 6.41. The minimum atomic E-state index is -0.899. The lowest BCUT2D eigenvalue weighted by molar-refractivity contribution is -0.136. The van der Waals surface area contributed by atoms with Crippen LogP contribution >= 0.6 is 11.8 Å². The number of nitrogens with one attached hydrogen (secondary N) is 1. The molecule has 0 heterocycles. The molecule has 0 aliphatic carbocycles. The fourth-order valence-electron chi connectivity index (χ4n) is 1.27. The third-order valence-electron chi connectivity index (χ3n) is 2.11. The molecule has 0 fully saturated rings. The monoisotopic (exact) mass is 271 g/mol. The molecule has 1 aromatic carbocycles. The molecular formula is C12H14FNO3S. The van der Waals surface area contributed by atoms with E-state index < -0.39 is 11.8 Å². The van der Waals surface area contributed by atoms with E-state index in [1.54, 1.807) is 13.0 Å². The van der Waals surface area contributed by atoms with Crippen molar-refractivity contribution in [3.05, 3.63) is 30.1 Å². The molecule has 0 aromatic heterocycles. The van der Waals surface area contributed by atoms with Crippen molar-refractivity contribution in [3.8, 4) is 0 Å². The van der Waals surface area contributed by atoms with Crippen LogP contribution in [0.1, 0.15) is 13.3 Å². The van der Waals surface area contributed by atoms with Gasteiger partial charge in [-0.1, -0.05) is 19.1 Å². The summed E-state index contributed by atoms with van der Waals surface area (Å²) in [4.78, 5) is 21.9. The number of aliphatic carboxylic acids is 1. The number of carbonyl (C=O) groups excluding carboxylic acids is 1. The quantitative estimate of drug-likeness (QED) is 0.833. The van der Waals surface area contributed by atoms with Gasteiger partial charge in [-0.05, 0) is 12.1 Å². The lowest BCUT2D eigenvalue weighted by Crippen LogP contribution is -2.17. The van der Waals surface area contributed by atoms with Gasteiger partial charge in [0, 0.05) is 5.25 Å². The zero-order valence-corrected chi connectivity index (χ0v) is 10.7. The van der Waals surface area contributed by atoms with E-state index in [2.05, 4.69) is 5.32 Å². The first kappa shape index (κ1) is 14.5. The highest BCUT2D eigenvalue weighted by Gasteiger charge is 2.11. The smallest absolute Gasteiger partial charge is 0.304 e. The van der Waals surface area contributed by atoms with E-state index in [1.807, 2.05) is 0 Å². The third kappa shape index (κ3) is 5.18. The number of thioether (sulfide) groups is 1. The van der Waals surface area contributed by atoms with Crippen LogP contribution in [-0.2, 0) is 9.59 Å². The second kappa shape index (κ2) is 7.00. The molecule has 1 atom stereocenters. The van der Waals surface area contributed by atoms with Gasteiger partial charge in [-0.15, -0.1) is 11.8 Å². The summed E-state index contributed by atoms with van der Waals surface area (Å²) in [5, 5.41) is 10.8. The summed E-state index contributed by atoms with van der Waals surface area (Å²) in [5.74, 6) is -1.63. The maximum Gasteiger partial charge on any atom is 0.304 e. The molecule has 6 heteroatoms. The Bertz CT molecular complexity index is 439. The van der Waals surface area contributed by atoms with E-state index in [4.69, 9.17) is 5.11 Å². The van der Waals surface area contributed by atoms with Crippen LogP contribution in [0.4, 0.5) is 10.1 Å². The Kier molecular flexibility index (Phi) is 5.64. The van der Waals surface area contributed by atoms with E-state index in [0.717, 1.165) is 0 Å². The molecule has 2 N–H and O–H groups in total. The number of hydrogen-bond acceptors (Lipinski definition) is 3. The SMILES string of the molecule is CC(CC(=O)O)SCC(=O)Nc1ccccc1F. The van der Waals surface area contributed by atoms with Crippen LogP contribution in [0.5, 0.6) is 0 Å². The fraction of sp³-hybridized carbons (Fsp3) is 0.333. The summed E-state index contributed by atoms with van der Waals surface area (Å²) in [6.45, 7) is 1.73. The molecular weight excluding hydrogens is 257 g/mol. The summed E-state index contributed by atoms with van der Waals surface area (Å²) in [6, 6.07) is 5.89. The number of amides is 1. The molecule has 1 amide bonds. The molecule has 0 aliphatic heterocycles. The molecule has 1 unspecified atom stereocenters. The molecule has 1 rings (SSSR count). The summed E-state index contributed by atoms with van der Waals surface area (Å²) < 4.78 is 13.2. The Morgan fingerprint density at radius 3 is 2.72 bits per heavy atom. The van der Waals surface area contributed by atoms with Gasteiger partial charge in [-0.2, -0.15) is 0 Å². The number of carboxylic acids is 1. The molecule has 0 radical (unpaired) electrons. The molecule has 0 aliphatic rings. The molecule has 98 valence electrons. The number of para-hydroxylation sites is 1. The molecule has 0 saturated carbocycles. The van der Waals surface area contributed by atoms with Crippen molar-refractivity contribution in [2.24, 2.45) is 0 Å². The van der Waals surface area contributed by atoms with Crippen molar-refractivity contribution in [2.45, 2.75) is 18.6 Å². The zero-order chi connectivity index (χ0) is 13.5. The largest absolute Gasteiger partial charge is 0.481 e. The van der Waals surface area contributed by atoms with E-state index in [0.29, 0.717) is 0 Å². The molecule has 0 bridgehead atoms. The first-order chi connectivity index (χ1) is 8.49. The van der Waals surface area contributed by atoms with Crippen molar-refractivity contribution >= 4 is 29.3 Å². The highest BCUT2D eigenvalue weighted by molar-refractivity contribution is 8.00. The number of carbonyl (C=O) groups is 2. The summed E-state index contributed by atoms with van der Waals surface area (Å²) in [6.07, 6.45) is -0.00234. The van der Waals surface area contributed by atoms with Gasteiger partial charge in [0.2, 0.25) is 5.91 Å². The number of rotatable bonds is 6. The standard InChI is InChI=1S/C12H14FNO3S/c1-8(6-12(16)17)18-7-11(15)14-10-5-3-2-4-9(10)13/h2-5,8H,6-7H2,1H3,(H,14,15)(H,16,17). The highest BCUT2D eigenvalue weighted by atomic mass is 32.2. The van der Waals surface area contributed by atoms with Crippen molar-refractivity contribution in [3.63, 3.8) is 0 Å². The average Bonchev–Trinajstić information content (AvgIpc) is 2.29. The third-order valence-corrected chi connectivity index (χ3v) is 3.27. The van der Waals surface area contributed by atoms with Crippen molar-refractivity contribution in [1.82, 2.24) is 0 Å². The Hall–Kier alpha value is -1.56. The number of benzene rings is 1. The van der Waals surface area contributed by atoms with E-state index in [1.165, 1.54) is 30.0 Å². The van der Waals surface area contributed by atoms with Crippen LogP contribution in [0.2, 0.25) is 0 Å². The second-order valence-electron chi connectivity index (χ2n) is 3.75. The number of anilines is 1. The van der Waals surface area contributed by atoms with Crippen LogP contribution in [0.25, 0.3) is 0 Å². The van der Waals surface area contributed by atoms with Gasteiger partial charge >= 0.3 is 5.97 Å². The van der Waals surface area contributed by atoms with Gasteiger partial charge < -0.3 is 10.4 Å². The topological polar surface area (TPSA) is 66.4 Å². The molecule has 18 heavy (non-hydrogen) atoms. The first-order valence-electron chi connectivity index (χ1n) is 5.37. The summed E-state index contributed by atoms with van der Waals surface area (Å²) >= 11 is 1.22. The number of hydrogen-bond donors (Lipinski definition) is 2. The lowest BCUT2D eigenvalue weighted by Gasteiger charge is -2.09. The summed E-state index contributed by atoms with van der Waals surface area (Å²) in [7, 11) is 0. The average molecular weight is 271 g/mol. The van der Waals surface area contributed by atoms with Crippen LogP contribution < -0.4 is 5.32 Å². The second-order valence-corrected chi connectivity index (χ2v) is 5.17. The van der Waals surface area contributed by atoms with Crippen LogP contribution in [0.15, 0.2) is 24.3 Å². The Balaban J connectivity index is 2.39. The van der Waals surface area contributed by atoms with Gasteiger partial charge in [-0.3, -0.25) is 9.59 Å². The maximum absolute atomic E-state index is 13.2. The minimum absolute atomic E-state index is 0.00234. The highest BCUT2D eigenvalue weighted by Crippen LogP contribution is 2.16. The van der Waals surface area contributed by atoms with E-state index in [-0.39, 0.29) is 29.0 Å².